The van der Waals surface area contributed by atoms with E-state index in [4.69, 9.17) is 4.52 Å². The van der Waals surface area contributed by atoms with Crippen LogP contribution >= 0.6 is 0 Å². The highest BCUT2D eigenvalue weighted by atomic mass is 19.1. The summed E-state index contributed by atoms with van der Waals surface area (Å²) >= 11 is 0. The number of hydrogen-bond acceptors (Lipinski definition) is 4. The van der Waals surface area contributed by atoms with Gasteiger partial charge >= 0.3 is 0 Å². The number of nitrogens with zero attached hydrogens (tertiary/aromatic N) is 2. The SMILES string of the molecule is CCC(=O)Cc1nc(C(C)(C)c2ccc(F)cc2)no1. The summed E-state index contributed by atoms with van der Waals surface area (Å²) in [4.78, 5) is 15.7. The molecule has 1 aromatic heterocycles. The number of carbonyl (C=O) groups is 1. The lowest BCUT2D eigenvalue weighted by Crippen LogP contribution is -2.21. The Morgan fingerprint density at radius 1 is 1.30 bits per heavy atom. The summed E-state index contributed by atoms with van der Waals surface area (Å²) in [6.45, 7) is 5.65. The minimum atomic E-state index is -0.509. The molecule has 0 aliphatic heterocycles. The highest BCUT2D eigenvalue weighted by Gasteiger charge is 2.29. The molecule has 0 radical (unpaired) electrons. The first-order valence-electron chi connectivity index (χ1n) is 6.54. The summed E-state index contributed by atoms with van der Waals surface area (Å²) in [5, 5.41) is 3.94. The second kappa shape index (κ2) is 5.53. The number of Topliss-reactive ketones (excluding diaryl/α,β-unsaturated/α-hetero) is 1. The molecule has 0 spiro atoms. The first-order chi connectivity index (χ1) is 9.43. The molecule has 20 heavy (non-hydrogen) atoms. The third-order valence-corrected chi connectivity index (χ3v) is 3.34. The van der Waals surface area contributed by atoms with Gasteiger partial charge in [-0.25, -0.2) is 4.39 Å². The molecule has 0 bridgehead atoms. The Hall–Kier alpha value is -2.04. The molecule has 0 fully saturated rings. The summed E-state index contributed by atoms with van der Waals surface area (Å²) in [6.07, 6.45) is 0.599. The van der Waals surface area contributed by atoms with Crippen molar-refractivity contribution in [2.75, 3.05) is 0 Å². The van der Waals surface area contributed by atoms with Gasteiger partial charge in [0.05, 0.1) is 11.8 Å². The third-order valence-electron chi connectivity index (χ3n) is 3.34. The zero-order valence-corrected chi connectivity index (χ0v) is 11.8. The van der Waals surface area contributed by atoms with E-state index in [1.54, 1.807) is 19.1 Å². The largest absolute Gasteiger partial charge is 0.339 e. The summed E-state index contributed by atoms with van der Waals surface area (Å²) < 4.78 is 18.1. The van der Waals surface area contributed by atoms with Gasteiger partial charge in [-0.3, -0.25) is 4.79 Å². The Morgan fingerprint density at radius 3 is 2.55 bits per heavy atom. The predicted molar refractivity (Wildman–Crippen MR) is 71.8 cm³/mol. The lowest BCUT2D eigenvalue weighted by Gasteiger charge is -2.20. The lowest BCUT2D eigenvalue weighted by molar-refractivity contribution is -0.118. The molecule has 0 saturated heterocycles. The molecule has 0 N–H and O–H groups in total. The molecule has 1 heterocycles. The fourth-order valence-corrected chi connectivity index (χ4v) is 1.87. The van der Waals surface area contributed by atoms with Gasteiger partial charge in [0.15, 0.2) is 5.82 Å². The number of benzene rings is 1. The van der Waals surface area contributed by atoms with Crippen molar-refractivity contribution in [1.29, 1.82) is 0 Å². The smallest absolute Gasteiger partial charge is 0.234 e. The lowest BCUT2D eigenvalue weighted by atomic mass is 9.84. The van der Waals surface area contributed by atoms with Gasteiger partial charge in [-0.05, 0) is 31.5 Å². The second-order valence-electron chi connectivity index (χ2n) is 5.21. The zero-order valence-electron chi connectivity index (χ0n) is 11.8. The number of ketones is 1. The maximum absolute atomic E-state index is 13.0. The van der Waals surface area contributed by atoms with E-state index in [-0.39, 0.29) is 18.0 Å². The van der Waals surface area contributed by atoms with E-state index in [0.29, 0.717) is 18.1 Å². The van der Waals surface area contributed by atoms with Crippen LogP contribution < -0.4 is 0 Å². The minimum absolute atomic E-state index is 0.0554. The number of halogens is 1. The summed E-state index contributed by atoms with van der Waals surface area (Å²) in [5.74, 6) is 0.580. The van der Waals surface area contributed by atoms with E-state index in [9.17, 15) is 9.18 Å². The van der Waals surface area contributed by atoms with Crippen LogP contribution in [0.3, 0.4) is 0 Å². The minimum Gasteiger partial charge on any atom is -0.339 e. The molecule has 2 rings (SSSR count). The van der Waals surface area contributed by atoms with Crippen molar-refractivity contribution in [2.45, 2.75) is 39.0 Å². The number of rotatable bonds is 5. The van der Waals surface area contributed by atoms with Gasteiger partial charge in [-0.15, -0.1) is 0 Å². The van der Waals surface area contributed by atoms with E-state index in [0.717, 1.165) is 5.56 Å². The molecule has 4 nitrogen and oxygen atoms in total. The monoisotopic (exact) mass is 276 g/mol. The van der Waals surface area contributed by atoms with Crippen LogP contribution in [-0.2, 0) is 16.6 Å². The second-order valence-corrected chi connectivity index (χ2v) is 5.21. The van der Waals surface area contributed by atoms with Crippen molar-refractivity contribution >= 4 is 5.78 Å². The average Bonchev–Trinajstić information content (AvgIpc) is 2.88. The quantitative estimate of drug-likeness (QED) is 0.842. The first kappa shape index (κ1) is 14.4. The van der Waals surface area contributed by atoms with Gasteiger partial charge in [0, 0.05) is 6.42 Å². The molecule has 0 saturated carbocycles. The standard InChI is InChI=1S/C15H17FN2O2/c1-4-12(19)9-13-17-14(18-20-13)15(2,3)10-5-7-11(16)8-6-10/h5-8H,4,9H2,1-3H3. The van der Waals surface area contributed by atoms with Gasteiger partial charge in [-0.1, -0.05) is 24.2 Å². The van der Waals surface area contributed by atoms with Crippen molar-refractivity contribution in [3.8, 4) is 0 Å². The van der Waals surface area contributed by atoms with E-state index < -0.39 is 5.41 Å². The fraction of sp³-hybridized carbons (Fsp3) is 0.400. The molecular formula is C15H17FN2O2. The Labute approximate surface area is 117 Å². The Balaban J connectivity index is 2.25. The van der Waals surface area contributed by atoms with Crippen molar-refractivity contribution < 1.29 is 13.7 Å². The van der Waals surface area contributed by atoms with Crippen LogP contribution in [0.4, 0.5) is 4.39 Å². The highest BCUT2D eigenvalue weighted by molar-refractivity contribution is 5.79. The molecule has 0 aliphatic rings. The van der Waals surface area contributed by atoms with E-state index in [1.807, 2.05) is 13.8 Å². The third kappa shape index (κ3) is 2.92. The molecule has 5 heteroatoms. The first-order valence-corrected chi connectivity index (χ1v) is 6.54. The average molecular weight is 276 g/mol. The van der Waals surface area contributed by atoms with Crippen LogP contribution in [0.2, 0.25) is 0 Å². The normalized spacial score (nSPS) is 11.6. The predicted octanol–water partition coefficient (Wildman–Crippen LogP) is 3.06. The number of carbonyl (C=O) groups excluding carboxylic acids is 1. The maximum Gasteiger partial charge on any atom is 0.234 e. The van der Waals surface area contributed by atoms with Crippen molar-refractivity contribution in [3.05, 3.63) is 47.4 Å². The van der Waals surface area contributed by atoms with E-state index in [2.05, 4.69) is 10.1 Å². The van der Waals surface area contributed by atoms with Crippen LogP contribution in [0.5, 0.6) is 0 Å². The van der Waals surface area contributed by atoms with Gasteiger partial charge in [-0.2, -0.15) is 4.98 Å². The highest BCUT2D eigenvalue weighted by Crippen LogP contribution is 2.29. The Bertz CT molecular complexity index is 603. The van der Waals surface area contributed by atoms with E-state index in [1.165, 1.54) is 12.1 Å². The van der Waals surface area contributed by atoms with Crippen LogP contribution in [0.1, 0.15) is 44.5 Å². The van der Waals surface area contributed by atoms with E-state index >= 15 is 0 Å². The van der Waals surface area contributed by atoms with Crippen LogP contribution in [0.15, 0.2) is 28.8 Å². The molecule has 0 unspecified atom stereocenters. The molecule has 0 atom stereocenters. The summed E-state index contributed by atoms with van der Waals surface area (Å²) in [6, 6.07) is 6.20. The summed E-state index contributed by atoms with van der Waals surface area (Å²) in [5.41, 5.74) is 0.373. The fourth-order valence-electron chi connectivity index (χ4n) is 1.87. The van der Waals surface area contributed by atoms with Crippen LogP contribution in [0, 0.1) is 5.82 Å². The van der Waals surface area contributed by atoms with Gasteiger partial charge in [0.1, 0.15) is 11.6 Å². The zero-order chi connectivity index (χ0) is 14.8. The van der Waals surface area contributed by atoms with Crippen molar-refractivity contribution in [3.63, 3.8) is 0 Å². The Morgan fingerprint density at radius 2 is 1.95 bits per heavy atom. The summed E-state index contributed by atoms with van der Waals surface area (Å²) in [7, 11) is 0. The molecule has 0 amide bonds. The maximum atomic E-state index is 13.0. The topological polar surface area (TPSA) is 56.0 Å². The Kier molecular flexibility index (Phi) is 3.97. The van der Waals surface area contributed by atoms with Gasteiger partial charge < -0.3 is 4.52 Å². The molecule has 106 valence electrons. The molecule has 2 aromatic rings. The van der Waals surface area contributed by atoms with Crippen LogP contribution in [0.25, 0.3) is 0 Å². The van der Waals surface area contributed by atoms with Gasteiger partial charge in [0.2, 0.25) is 5.89 Å². The molecular weight excluding hydrogens is 259 g/mol. The molecule has 0 aliphatic carbocycles. The van der Waals surface area contributed by atoms with Crippen LogP contribution in [-0.4, -0.2) is 15.9 Å². The number of hydrogen-bond donors (Lipinski definition) is 0. The van der Waals surface area contributed by atoms with Crippen molar-refractivity contribution in [2.24, 2.45) is 0 Å². The molecule has 1 aromatic carbocycles. The number of aromatic nitrogens is 2. The van der Waals surface area contributed by atoms with Gasteiger partial charge in [0.25, 0.3) is 0 Å². The van der Waals surface area contributed by atoms with Crippen molar-refractivity contribution in [1.82, 2.24) is 10.1 Å².